The summed E-state index contributed by atoms with van der Waals surface area (Å²) in [6.07, 6.45) is 23.1. The minimum atomic E-state index is -0.635. The van der Waals surface area contributed by atoms with Gasteiger partial charge in [0, 0.05) is 23.3 Å². The Morgan fingerprint density at radius 3 is 0.988 bits per heavy atom. The molecule has 0 N–H and O–H groups in total. The Morgan fingerprint density at radius 1 is 0.337 bits per heavy atom. The second-order valence-corrected chi connectivity index (χ2v) is 18.4. The Hall–Kier alpha value is -8.04. The monoisotopic (exact) mass is 1190 g/mol. The fourth-order valence-electron chi connectivity index (χ4n) is 7.55. The van der Waals surface area contributed by atoms with E-state index in [0.29, 0.717) is 194 Å². The third kappa shape index (κ3) is 29.7. The highest BCUT2D eigenvalue weighted by atomic mass is 17.2. The maximum atomic E-state index is 13.5. The Labute approximate surface area is 506 Å². The van der Waals surface area contributed by atoms with Gasteiger partial charge in [0.2, 0.25) is 11.5 Å². The van der Waals surface area contributed by atoms with Crippen LogP contribution in [-0.2, 0) is 53.1 Å². The first-order chi connectivity index (χ1) is 42.3. The predicted octanol–water partition coefficient (Wildman–Crippen LogP) is 13.9. The van der Waals surface area contributed by atoms with E-state index in [4.69, 9.17) is 81.4 Å². The van der Waals surface area contributed by atoms with E-state index in [1.807, 2.05) is 0 Å². The van der Waals surface area contributed by atoms with E-state index in [-0.39, 0.29) is 13.2 Å². The smallest absolute Gasteiger partial charge is 0.336 e. The van der Waals surface area contributed by atoms with Crippen molar-refractivity contribution < 1.29 is 91.0 Å². The first-order valence-electron chi connectivity index (χ1n) is 29.0. The van der Waals surface area contributed by atoms with Crippen molar-refractivity contribution in [1.82, 2.24) is 0 Å². The molecule has 0 aliphatic rings. The molecule has 0 saturated carbocycles. The van der Waals surface area contributed by atoms with Crippen molar-refractivity contribution in [3.8, 4) is 46.0 Å². The SMILES string of the molecule is C=CCOOCCCCOc1ccc(/C=C/C(=O)Oc2ccc3cc(OC(=O)/C=C/c4ccc(OCCCCOC=C)c(OCCCCOC=C)c4OCCCCOOCC=C)ccc3c2)c(OCCCCOC=C)c1OCCCCOOCC=C. The Bertz CT molecular complexity index is 2680. The maximum absolute atomic E-state index is 13.5. The molecule has 86 heavy (non-hydrogen) atoms. The third-order valence-electron chi connectivity index (χ3n) is 11.7. The highest BCUT2D eigenvalue weighted by molar-refractivity contribution is 5.93. The zero-order valence-electron chi connectivity index (χ0n) is 49.6. The topological polar surface area (TPSA) is 191 Å². The molecule has 0 heterocycles. The van der Waals surface area contributed by atoms with Crippen LogP contribution in [0.1, 0.15) is 88.2 Å². The minimum Gasteiger partial charge on any atom is -0.502 e. The van der Waals surface area contributed by atoms with E-state index in [1.54, 1.807) is 91.0 Å². The molecule has 0 fully saturated rings. The van der Waals surface area contributed by atoms with Crippen LogP contribution in [-0.4, -0.2) is 111 Å². The van der Waals surface area contributed by atoms with Crippen molar-refractivity contribution in [2.24, 2.45) is 0 Å². The predicted molar refractivity (Wildman–Crippen MR) is 329 cm³/mol. The molecule has 0 radical (unpaired) electrons. The lowest BCUT2D eigenvalue weighted by Gasteiger charge is -2.19. The van der Waals surface area contributed by atoms with E-state index in [2.05, 4.69) is 39.5 Å². The van der Waals surface area contributed by atoms with Gasteiger partial charge in [-0.3, -0.25) is 0 Å². The van der Waals surface area contributed by atoms with Crippen LogP contribution in [0, 0.1) is 0 Å². The Kier molecular flexibility index (Phi) is 37.9. The van der Waals surface area contributed by atoms with Crippen molar-refractivity contribution >= 4 is 34.9 Å². The summed E-state index contributed by atoms with van der Waals surface area (Å²) in [5.41, 5.74) is 1.13. The lowest BCUT2D eigenvalue weighted by molar-refractivity contribution is -0.286. The summed E-state index contributed by atoms with van der Waals surface area (Å²) >= 11 is 0. The zero-order chi connectivity index (χ0) is 61.3. The average molecular weight is 1200 g/mol. The summed E-state index contributed by atoms with van der Waals surface area (Å²) in [6, 6.07) is 17.5. The molecule has 0 amide bonds. The first kappa shape index (κ1) is 70.4. The van der Waals surface area contributed by atoms with Crippen LogP contribution < -0.4 is 37.9 Å². The molecule has 0 aromatic heterocycles. The average Bonchev–Trinajstić information content (AvgIpc) is 3.25. The molecule has 4 rings (SSSR count). The lowest BCUT2D eigenvalue weighted by atomic mass is 10.1. The van der Waals surface area contributed by atoms with Crippen LogP contribution in [0.25, 0.3) is 22.9 Å². The van der Waals surface area contributed by atoms with E-state index in [9.17, 15) is 9.59 Å². The van der Waals surface area contributed by atoms with Gasteiger partial charge in [0.1, 0.15) is 31.3 Å². The number of hydrogen-bond donors (Lipinski definition) is 0. The van der Waals surface area contributed by atoms with Crippen molar-refractivity contribution in [3.05, 3.63) is 160 Å². The molecule has 0 aliphatic carbocycles. The Balaban J connectivity index is 1.50. The van der Waals surface area contributed by atoms with Gasteiger partial charge in [-0.1, -0.05) is 50.1 Å². The number of carbonyl (C=O) groups excluding carboxylic acids is 2. The van der Waals surface area contributed by atoms with E-state index < -0.39 is 11.9 Å². The molecule has 4 aromatic carbocycles. The highest BCUT2D eigenvalue weighted by Gasteiger charge is 2.20. The number of carbonyl (C=O) groups is 2. The van der Waals surface area contributed by atoms with Crippen molar-refractivity contribution in [2.45, 2.75) is 77.0 Å². The molecule has 0 atom stereocenters. The molecule has 0 saturated heterocycles. The number of unbranched alkanes of at least 4 members (excludes halogenated alkanes) is 6. The van der Waals surface area contributed by atoms with Gasteiger partial charge in [-0.2, -0.15) is 0 Å². The standard InChI is InChI=1S/C67H86O19/c1-7-37-79-82-49-22-19-44-74-61-34-28-54(64(75-45-17-14-41-71-11-5)67(61)78-48-21-24-51-84-81-39-9-3)29-35-62(68)85-58-31-25-57-53-59(32-26-56(57)52-58)86-63(69)36-30-55-27-33-60(73-43-16-13-40-70-10-4)66(77-47-18-15-42-72-12-6)65(55)76-46-20-23-50-83-80-38-8-2/h7-12,25-36,52-53H,1-6,13-24,37-51H2/b35-29+,36-30+. The van der Waals surface area contributed by atoms with E-state index in [1.165, 1.54) is 30.9 Å². The summed E-state index contributed by atoms with van der Waals surface area (Å²) in [5.74, 6) is 1.88. The second-order valence-electron chi connectivity index (χ2n) is 18.4. The van der Waals surface area contributed by atoms with E-state index in [0.717, 1.165) is 36.5 Å². The molecule has 4 aromatic rings. The van der Waals surface area contributed by atoms with Crippen LogP contribution in [0.5, 0.6) is 46.0 Å². The van der Waals surface area contributed by atoms with Crippen LogP contribution in [0.3, 0.4) is 0 Å². The van der Waals surface area contributed by atoms with Gasteiger partial charge in [-0.05, 0) is 149 Å². The van der Waals surface area contributed by atoms with Gasteiger partial charge < -0.3 is 52.1 Å². The molecule has 0 unspecified atom stereocenters. The number of benzene rings is 4. The molecule has 19 heteroatoms. The number of rotatable bonds is 54. The quantitative estimate of drug-likeness (QED) is 0.00592. The van der Waals surface area contributed by atoms with Crippen LogP contribution in [0.4, 0.5) is 0 Å². The van der Waals surface area contributed by atoms with Gasteiger partial charge >= 0.3 is 11.9 Å². The fraction of sp³-hybridized carbons (Fsp3) is 0.403. The molecule has 468 valence electrons. The van der Waals surface area contributed by atoms with E-state index >= 15 is 0 Å². The number of ether oxygens (including phenoxy) is 11. The number of hydrogen-bond acceptors (Lipinski definition) is 19. The number of fused-ring (bicyclic) bond motifs is 1. The van der Waals surface area contributed by atoms with Crippen molar-refractivity contribution in [1.29, 1.82) is 0 Å². The summed E-state index contributed by atoms with van der Waals surface area (Å²) in [6.45, 7) is 27.2. The summed E-state index contributed by atoms with van der Waals surface area (Å²) in [7, 11) is 0. The molecule has 19 nitrogen and oxygen atoms in total. The maximum Gasteiger partial charge on any atom is 0.336 e. The summed E-state index contributed by atoms with van der Waals surface area (Å²) in [5, 5.41) is 1.47. The highest BCUT2D eigenvalue weighted by Crippen LogP contribution is 2.43. The third-order valence-corrected chi connectivity index (χ3v) is 11.7. The molecular weight excluding hydrogens is 1110 g/mol. The lowest BCUT2D eigenvalue weighted by Crippen LogP contribution is -2.09. The molecular formula is C67H86O19. The van der Waals surface area contributed by atoms with Gasteiger partial charge in [0.15, 0.2) is 23.0 Å². The normalized spacial score (nSPS) is 11.0. The van der Waals surface area contributed by atoms with Gasteiger partial charge in [0.05, 0.1) is 98.1 Å². The number of esters is 2. The summed E-state index contributed by atoms with van der Waals surface area (Å²) in [4.78, 5) is 57.6. The molecule has 0 spiro atoms. The fourth-order valence-corrected chi connectivity index (χ4v) is 7.55. The molecule has 0 bridgehead atoms. The first-order valence-corrected chi connectivity index (χ1v) is 29.0. The Morgan fingerprint density at radius 2 is 0.651 bits per heavy atom. The van der Waals surface area contributed by atoms with Gasteiger partial charge in [-0.25, -0.2) is 38.9 Å². The van der Waals surface area contributed by atoms with Crippen LogP contribution in [0.2, 0.25) is 0 Å². The minimum absolute atomic E-state index is 0.284. The van der Waals surface area contributed by atoms with Crippen molar-refractivity contribution in [3.63, 3.8) is 0 Å². The second kappa shape index (κ2) is 46.3. The van der Waals surface area contributed by atoms with Crippen LogP contribution >= 0.6 is 0 Å². The van der Waals surface area contributed by atoms with Crippen LogP contribution in [0.15, 0.2) is 149 Å². The largest absolute Gasteiger partial charge is 0.502 e. The molecule has 0 aliphatic heterocycles. The van der Waals surface area contributed by atoms with Crippen molar-refractivity contribution in [2.75, 3.05) is 99.1 Å². The van der Waals surface area contributed by atoms with Gasteiger partial charge in [0.25, 0.3) is 0 Å². The van der Waals surface area contributed by atoms with Gasteiger partial charge in [-0.15, -0.1) is 19.7 Å². The zero-order valence-corrected chi connectivity index (χ0v) is 49.6. The summed E-state index contributed by atoms with van der Waals surface area (Å²) < 4.78 is 65.4.